The van der Waals surface area contributed by atoms with Gasteiger partial charge in [-0.15, -0.1) is 0 Å². The van der Waals surface area contributed by atoms with Crippen LogP contribution in [0.5, 0.6) is 0 Å². The monoisotopic (exact) mass is 437 g/mol. The van der Waals surface area contributed by atoms with Crippen molar-refractivity contribution in [2.24, 2.45) is 0 Å². The van der Waals surface area contributed by atoms with Crippen molar-refractivity contribution in [1.82, 2.24) is 14.2 Å². The first kappa shape index (κ1) is 21.8. The van der Waals surface area contributed by atoms with Gasteiger partial charge in [-0.25, -0.2) is 0 Å². The van der Waals surface area contributed by atoms with Crippen LogP contribution < -0.4 is 0 Å². The van der Waals surface area contributed by atoms with Crippen LogP contribution in [0.1, 0.15) is 37.6 Å². The van der Waals surface area contributed by atoms with E-state index in [0.717, 1.165) is 38.6 Å². The van der Waals surface area contributed by atoms with Gasteiger partial charge in [-0.1, -0.05) is 17.7 Å². The molecule has 0 spiro atoms. The molecule has 7 nitrogen and oxygen atoms in total. The molecule has 10 heteroatoms. The second-order valence-corrected chi connectivity index (χ2v) is 9.28. The minimum absolute atomic E-state index is 0.0325. The van der Waals surface area contributed by atoms with Crippen LogP contribution in [0.4, 0.5) is 8.78 Å². The maximum Gasteiger partial charge on any atom is 0.313 e. The van der Waals surface area contributed by atoms with Gasteiger partial charge in [-0.2, -0.15) is 26.4 Å². The molecule has 1 aromatic carbocycles. The Labute approximate surface area is 172 Å². The lowest BCUT2D eigenvalue weighted by Crippen LogP contribution is -2.44. The predicted molar refractivity (Wildman–Crippen MR) is 106 cm³/mol. The molecule has 0 unspecified atom stereocenters. The highest BCUT2D eigenvalue weighted by Crippen LogP contribution is 2.42. The fourth-order valence-corrected chi connectivity index (χ4v) is 4.36. The topological polar surface area (TPSA) is 91.2 Å². The summed E-state index contributed by atoms with van der Waals surface area (Å²) < 4.78 is 61.9. The molecule has 0 aliphatic rings. The van der Waals surface area contributed by atoms with E-state index in [4.69, 9.17) is 4.74 Å². The first-order valence-corrected chi connectivity index (χ1v) is 10.5. The SMILES string of the molecule is CC(=O)OC(C)(C)C(F)(F)c1cnc2c(C)nn(S(=O)(=O)c3ccc(C)cc3)c2c1. The molecule has 0 saturated carbocycles. The zero-order chi connectivity index (χ0) is 22.5. The molecular formula is C20H21F2N3O4S. The van der Waals surface area contributed by atoms with Crippen molar-refractivity contribution in [1.29, 1.82) is 0 Å². The standard InChI is InChI=1S/C20H21F2N3O4S/c1-12-6-8-16(9-7-12)30(27,28)25-17-10-15(11-23-18(17)13(2)24-25)20(21,22)19(4,5)29-14(3)26/h6-11H,1-5H3. The molecule has 0 saturated heterocycles. The third-order valence-electron chi connectivity index (χ3n) is 4.72. The number of benzene rings is 1. The number of ether oxygens (including phenoxy) is 1. The molecule has 0 aliphatic heterocycles. The average Bonchev–Trinajstić information content (AvgIpc) is 2.98. The number of aromatic nitrogens is 3. The number of alkyl halides is 2. The maximum atomic E-state index is 15.1. The van der Waals surface area contributed by atoms with Gasteiger partial charge >= 0.3 is 11.9 Å². The normalized spacial score (nSPS) is 12.9. The van der Waals surface area contributed by atoms with Crippen LogP contribution in [0, 0.1) is 13.8 Å². The number of esters is 1. The Bertz CT molecular complexity index is 1230. The smallest absolute Gasteiger partial charge is 0.313 e. The summed E-state index contributed by atoms with van der Waals surface area (Å²) in [7, 11) is -4.14. The van der Waals surface area contributed by atoms with E-state index >= 15 is 8.78 Å². The van der Waals surface area contributed by atoms with E-state index in [-0.39, 0.29) is 21.6 Å². The molecular weight excluding hydrogens is 416 g/mol. The molecule has 0 atom stereocenters. The van der Waals surface area contributed by atoms with Crippen molar-refractivity contribution in [3.63, 3.8) is 0 Å². The van der Waals surface area contributed by atoms with Crippen LogP contribution in [0.3, 0.4) is 0 Å². The summed E-state index contributed by atoms with van der Waals surface area (Å²) >= 11 is 0. The van der Waals surface area contributed by atoms with E-state index in [1.54, 1.807) is 12.1 Å². The Morgan fingerprint density at radius 3 is 2.30 bits per heavy atom. The first-order valence-electron chi connectivity index (χ1n) is 9.03. The van der Waals surface area contributed by atoms with Crippen LogP contribution in [0.25, 0.3) is 11.0 Å². The molecule has 0 radical (unpaired) electrons. The van der Waals surface area contributed by atoms with E-state index in [9.17, 15) is 13.2 Å². The average molecular weight is 437 g/mol. The fourth-order valence-electron chi connectivity index (χ4n) is 3.05. The van der Waals surface area contributed by atoms with Crippen LogP contribution >= 0.6 is 0 Å². The highest BCUT2D eigenvalue weighted by atomic mass is 32.2. The van der Waals surface area contributed by atoms with Crippen molar-refractivity contribution in [3.05, 3.63) is 53.3 Å². The Balaban J connectivity index is 2.20. The van der Waals surface area contributed by atoms with Crippen LogP contribution in [-0.4, -0.2) is 34.2 Å². The number of carbonyl (C=O) groups excluding carboxylic acids is 1. The molecule has 3 rings (SSSR count). The number of halogens is 2. The zero-order valence-electron chi connectivity index (χ0n) is 17.1. The second kappa shape index (κ2) is 7.12. The Morgan fingerprint density at radius 2 is 1.73 bits per heavy atom. The van der Waals surface area contributed by atoms with Crippen LogP contribution in [0.15, 0.2) is 41.4 Å². The fraction of sp³-hybridized carbons (Fsp3) is 0.350. The summed E-state index contributed by atoms with van der Waals surface area (Å²) in [5.74, 6) is -4.51. The summed E-state index contributed by atoms with van der Waals surface area (Å²) in [6, 6.07) is 7.11. The van der Waals surface area contributed by atoms with Gasteiger partial charge in [0.2, 0.25) is 0 Å². The lowest BCUT2D eigenvalue weighted by atomic mass is 9.94. The van der Waals surface area contributed by atoms with Crippen molar-refractivity contribution in [3.8, 4) is 0 Å². The maximum absolute atomic E-state index is 15.1. The largest absolute Gasteiger partial charge is 0.453 e. The van der Waals surface area contributed by atoms with Gasteiger partial charge in [0.15, 0.2) is 5.60 Å². The second-order valence-electron chi connectivity index (χ2n) is 7.52. The molecule has 0 N–H and O–H groups in total. The van der Waals surface area contributed by atoms with Gasteiger partial charge in [0, 0.05) is 18.7 Å². The molecule has 30 heavy (non-hydrogen) atoms. The van der Waals surface area contributed by atoms with Gasteiger partial charge in [0.25, 0.3) is 10.0 Å². The Hall–Kier alpha value is -2.88. The number of pyridine rings is 1. The van der Waals surface area contributed by atoms with Gasteiger partial charge < -0.3 is 4.74 Å². The van der Waals surface area contributed by atoms with E-state index in [2.05, 4.69) is 10.1 Å². The Kier molecular flexibility index (Phi) is 5.18. The molecule has 0 bridgehead atoms. The molecule has 160 valence electrons. The van der Waals surface area contributed by atoms with Crippen molar-refractivity contribution in [2.75, 3.05) is 0 Å². The van der Waals surface area contributed by atoms with E-state index in [0.29, 0.717) is 4.09 Å². The summed E-state index contributed by atoms with van der Waals surface area (Å²) in [6.07, 6.45) is 0.936. The summed E-state index contributed by atoms with van der Waals surface area (Å²) in [6.45, 7) is 6.53. The van der Waals surface area contributed by atoms with Gasteiger partial charge in [0.05, 0.1) is 10.6 Å². The third-order valence-corrected chi connectivity index (χ3v) is 6.32. The molecule has 0 fully saturated rings. The Morgan fingerprint density at radius 1 is 1.13 bits per heavy atom. The lowest BCUT2D eigenvalue weighted by Gasteiger charge is -2.33. The zero-order valence-corrected chi connectivity index (χ0v) is 17.9. The van der Waals surface area contributed by atoms with Crippen molar-refractivity contribution < 1.29 is 26.7 Å². The number of hydrogen-bond acceptors (Lipinski definition) is 6. The number of hydrogen-bond donors (Lipinski definition) is 0. The van der Waals surface area contributed by atoms with Gasteiger partial charge in [-0.05, 0) is 45.9 Å². The quantitative estimate of drug-likeness (QED) is 0.565. The van der Waals surface area contributed by atoms with E-state index < -0.39 is 33.1 Å². The summed E-state index contributed by atoms with van der Waals surface area (Å²) in [5, 5.41) is 4.03. The minimum Gasteiger partial charge on any atom is -0.453 e. The number of fused-ring (bicyclic) bond motifs is 1. The summed E-state index contributed by atoms with van der Waals surface area (Å²) in [4.78, 5) is 15.2. The van der Waals surface area contributed by atoms with Gasteiger partial charge in [0.1, 0.15) is 11.0 Å². The number of rotatable bonds is 5. The predicted octanol–water partition coefficient (Wildman–Crippen LogP) is 3.72. The third kappa shape index (κ3) is 3.55. The summed E-state index contributed by atoms with van der Waals surface area (Å²) in [5.41, 5.74) is -1.55. The van der Waals surface area contributed by atoms with Crippen molar-refractivity contribution >= 4 is 27.0 Å². The van der Waals surface area contributed by atoms with Crippen LogP contribution in [-0.2, 0) is 25.5 Å². The number of nitrogens with zero attached hydrogens (tertiary/aromatic N) is 3. The highest BCUT2D eigenvalue weighted by molar-refractivity contribution is 7.90. The van der Waals surface area contributed by atoms with Crippen LogP contribution in [0.2, 0.25) is 0 Å². The molecule has 0 aliphatic carbocycles. The molecule has 2 aromatic heterocycles. The van der Waals surface area contributed by atoms with E-state index in [1.807, 2.05) is 6.92 Å². The molecule has 3 aromatic rings. The van der Waals surface area contributed by atoms with Gasteiger partial charge in [-0.3, -0.25) is 9.78 Å². The number of carbonyl (C=O) groups is 1. The van der Waals surface area contributed by atoms with Crippen molar-refractivity contribution in [2.45, 2.75) is 51.0 Å². The molecule has 2 heterocycles. The lowest BCUT2D eigenvalue weighted by molar-refractivity contribution is -0.203. The first-order chi connectivity index (χ1) is 13.8. The van der Waals surface area contributed by atoms with E-state index in [1.165, 1.54) is 19.1 Å². The molecule has 0 amide bonds. The highest BCUT2D eigenvalue weighted by Gasteiger charge is 2.51. The minimum atomic E-state index is -4.14. The number of aryl methyl sites for hydroxylation is 2.